The molecule has 0 fully saturated rings. The van der Waals surface area contributed by atoms with E-state index < -0.39 is 11.6 Å². The fraction of sp³-hybridized carbons (Fsp3) is 0.0769. The summed E-state index contributed by atoms with van der Waals surface area (Å²) in [5.41, 5.74) is 0.480. The molecule has 0 saturated heterocycles. The molecule has 2 rings (SSSR count). The Morgan fingerprint density at radius 2 is 1.83 bits per heavy atom. The minimum atomic E-state index is -0.436. The molecule has 0 aliphatic rings. The van der Waals surface area contributed by atoms with Crippen LogP contribution in [-0.4, -0.2) is 0 Å². The van der Waals surface area contributed by atoms with E-state index in [4.69, 9.17) is 23.2 Å². The SMILES string of the molecule is Fc1cc(Cl)cc(SCc2cccc(Cl)c2F)c1. The van der Waals surface area contributed by atoms with Crippen molar-refractivity contribution < 1.29 is 8.78 Å². The minimum Gasteiger partial charge on any atom is -0.207 e. The van der Waals surface area contributed by atoms with Crippen LogP contribution in [0.2, 0.25) is 10.0 Å². The van der Waals surface area contributed by atoms with Crippen molar-refractivity contribution in [2.75, 3.05) is 0 Å². The maximum atomic E-state index is 13.6. The zero-order valence-corrected chi connectivity index (χ0v) is 11.4. The number of hydrogen-bond donors (Lipinski definition) is 0. The molecule has 0 unspecified atom stereocenters. The number of hydrogen-bond acceptors (Lipinski definition) is 1. The molecule has 94 valence electrons. The first-order valence-corrected chi connectivity index (χ1v) is 6.82. The van der Waals surface area contributed by atoms with Crippen LogP contribution in [0.25, 0.3) is 0 Å². The lowest BCUT2D eigenvalue weighted by atomic mass is 10.2. The van der Waals surface area contributed by atoms with Gasteiger partial charge in [-0.2, -0.15) is 0 Å². The van der Waals surface area contributed by atoms with Gasteiger partial charge in [0.05, 0.1) is 5.02 Å². The van der Waals surface area contributed by atoms with Crippen molar-refractivity contribution >= 4 is 35.0 Å². The van der Waals surface area contributed by atoms with E-state index in [0.29, 0.717) is 21.2 Å². The highest BCUT2D eigenvalue weighted by molar-refractivity contribution is 7.98. The molecule has 0 aromatic heterocycles. The van der Waals surface area contributed by atoms with Crippen molar-refractivity contribution in [1.29, 1.82) is 0 Å². The second kappa shape index (κ2) is 5.91. The van der Waals surface area contributed by atoms with Crippen molar-refractivity contribution in [3.63, 3.8) is 0 Å². The van der Waals surface area contributed by atoms with Crippen molar-refractivity contribution in [3.8, 4) is 0 Å². The van der Waals surface area contributed by atoms with Crippen LogP contribution < -0.4 is 0 Å². The van der Waals surface area contributed by atoms with E-state index in [-0.39, 0.29) is 5.02 Å². The van der Waals surface area contributed by atoms with Gasteiger partial charge in [0.25, 0.3) is 0 Å². The van der Waals surface area contributed by atoms with Crippen molar-refractivity contribution in [1.82, 2.24) is 0 Å². The maximum Gasteiger partial charge on any atom is 0.145 e. The zero-order valence-electron chi connectivity index (χ0n) is 9.09. The molecule has 0 aliphatic carbocycles. The summed E-state index contributed by atoms with van der Waals surface area (Å²) in [5.74, 6) is -0.475. The Morgan fingerprint density at radius 3 is 2.56 bits per heavy atom. The normalized spacial score (nSPS) is 10.7. The van der Waals surface area contributed by atoms with E-state index in [1.807, 2.05) is 0 Å². The predicted molar refractivity (Wildman–Crippen MR) is 72.4 cm³/mol. The molecule has 2 aromatic rings. The first kappa shape index (κ1) is 13.7. The number of rotatable bonds is 3. The summed E-state index contributed by atoms with van der Waals surface area (Å²) >= 11 is 12.7. The lowest BCUT2D eigenvalue weighted by Gasteiger charge is -2.05. The summed E-state index contributed by atoms with van der Waals surface area (Å²) in [5, 5.41) is 0.412. The molecule has 0 nitrogen and oxygen atoms in total. The largest absolute Gasteiger partial charge is 0.207 e. The number of halogens is 4. The lowest BCUT2D eigenvalue weighted by molar-refractivity contribution is 0.617. The van der Waals surface area contributed by atoms with Gasteiger partial charge < -0.3 is 0 Å². The van der Waals surface area contributed by atoms with Gasteiger partial charge in [0, 0.05) is 15.7 Å². The Balaban J connectivity index is 2.14. The van der Waals surface area contributed by atoms with Crippen LogP contribution in [0.15, 0.2) is 41.3 Å². The summed E-state index contributed by atoms with van der Waals surface area (Å²) in [6.45, 7) is 0. The van der Waals surface area contributed by atoms with Crippen LogP contribution in [0, 0.1) is 11.6 Å². The van der Waals surface area contributed by atoms with E-state index in [0.717, 1.165) is 0 Å². The van der Waals surface area contributed by atoms with E-state index in [1.54, 1.807) is 18.2 Å². The second-order valence-corrected chi connectivity index (χ2v) is 5.50. The van der Waals surface area contributed by atoms with Crippen LogP contribution >= 0.6 is 35.0 Å². The molecule has 2 aromatic carbocycles. The molecular formula is C13H8Cl2F2S. The third kappa shape index (κ3) is 3.37. The molecule has 0 heterocycles. The summed E-state index contributed by atoms with van der Waals surface area (Å²) in [7, 11) is 0. The van der Waals surface area contributed by atoms with Gasteiger partial charge in [-0.05, 0) is 29.8 Å². The number of benzene rings is 2. The van der Waals surface area contributed by atoms with Crippen molar-refractivity contribution in [3.05, 3.63) is 63.6 Å². The molecule has 0 aliphatic heterocycles. The van der Waals surface area contributed by atoms with E-state index in [2.05, 4.69) is 0 Å². The van der Waals surface area contributed by atoms with Gasteiger partial charge in [-0.15, -0.1) is 11.8 Å². The van der Waals surface area contributed by atoms with Gasteiger partial charge in [-0.1, -0.05) is 35.3 Å². The third-order valence-corrected chi connectivity index (χ3v) is 3.80. The molecular weight excluding hydrogens is 297 g/mol. The summed E-state index contributed by atoms with van der Waals surface area (Å²) in [4.78, 5) is 0.652. The fourth-order valence-electron chi connectivity index (χ4n) is 1.43. The molecule has 0 N–H and O–H groups in total. The Morgan fingerprint density at radius 1 is 1.06 bits per heavy atom. The van der Waals surface area contributed by atoms with Crippen molar-refractivity contribution in [2.24, 2.45) is 0 Å². The van der Waals surface area contributed by atoms with E-state index in [9.17, 15) is 8.78 Å². The van der Waals surface area contributed by atoms with Gasteiger partial charge in [-0.25, -0.2) is 8.78 Å². The van der Waals surface area contributed by atoms with Gasteiger partial charge in [-0.3, -0.25) is 0 Å². The topological polar surface area (TPSA) is 0 Å². The summed E-state index contributed by atoms with van der Waals surface area (Å²) in [6, 6.07) is 9.04. The van der Waals surface area contributed by atoms with Crippen LogP contribution in [-0.2, 0) is 5.75 Å². The van der Waals surface area contributed by atoms with Crippen LogP contribution in [0.5, 0.6) is 0 Å². The molecule has 0 spiro atoms. The highest BCUT2D eigenvalue weighted by Gasteiger charge is 2.07. The first-order valence-electron chi connectivity index (χ1n) is 5.08. The van der Waals surface area contributed by atoms with Crippen LogP contribution in [0.1, 0.15) is 5.56 Å². The molecule has 0 bridgehead atoms. The molecule has 0 atom stereocenters. The predicted octanol–water partition coefficient (Wildman–Crippen LogP) is 5.56. The fourth-order valence-corrected chi connectivity index (χ4v) is 2.86. The number of thioether (sulfide) groups is 1. The Labute approximate surface area is 118 Å². The van der Waals surface area contributed by atoms with E-state index >= 15 is 0 Å². The van der Waals surface area contributed by atoms with E-state index in [1.165, 1.54) is 30.0 Å². The molecule has 18 heavy (non-hydrogen) atoms. The molecule has 0 saturated carbocycles. The monoisotopic (exact) mass is 304 g/mol. The summed E-state index contributed by atoms with van der Waals surface area (Å²) in [6.07, 6.45) is 0. The van der Waals surface area contributed by atoms with Gasteiger partial charge >= 0.3 is 0 Å². The van der Waals surface area contributed by atoms with Gasteiger partial charge in [0.15, 0.2) is 0 Å². The smallest absolute Gasteiger partial charge is 0.145 e. The molecule has 0 radical (unpaired) electrons. The second-order valence-electron chi connectivity index (χ2n) is 3.61. The van der Waals surface area contributed by atoms with Gasteiger partial charge in [0.1, 0.15) is 11.6 Å². The van der Waals surface area contributed by atoms with Crippen molar-refractivity contribution in [2.45, 2.75) is 10.6 Å². The minimum absolute atomic E-state index is 0.0883. The van der Waals surface area contributed by atoms with Crippen LogP contribution in [0.4, 0.5) is 8.78 Å². The summed E-state index contributed by atoms with van der Waals surface area (Å²) < 4.78 is 26.7. The third-order valence-electron chi connectivity index (χ3n) is 2.26. The molecule has 5 heteroatoms. The first-order chi connectivity index (χ1) is 8.56. The highest BCUT2D eigenvalue weighted by Crippen LogP contribution is 2.28. The Kier molecular flexibility index (Phi) is 4.49. The Hall–Kier alpha value is -0.770. The quantitative estimate of drug-likeness (QED) is 0.669. The van der Waals surface area contributed by atoms with Gasteiger partial charge in [0.2, 0.25) is 0 Å². The van der Waals surface area contributed by atoms with Crippen LogP contribution in [0.3, 0.4) is 0 Å². The standard InChI is InChI=1S/C13H8Cl2F2S/c14-9-4-10(16)6-11(5-9)18-7-8-2-1-3-12(15)13(8)17/h1-6H,7H2. The average Bonchev–Trinajstić information content (AvgIpc) is 2.30. The lowest BCUT2D eigenvalue weighted by Crippen LogP contribution is -1.88. The Bertz CT molecular complexity index is 553. The highest BCUT2D eigenvalue weighted by atomic mass is 35.5. The maximum absolute atomic E-state index is 13.6. The molecule has 0 amide bonds. The zero-order chi connectivity index (χ0) is 13.1. The average molecular weight is 305 g/mol.